The minimum Gasteiger partial charge on any atom is -0.466 e. The minimum atomic E-state index is -0.519. The molecule has 0 radical (unpaired) electrons. The Balaban J connectivity index is 1.94. The third-order valence-corrected chi connectivity index (χ3v) is 5.82. The van der Waals surface area contributed by atoms with Crippen molar-refractivity contribution in [3.8, 4) is 0 Å². The summed E-state index contributed by atoms with van der Waals surface area (Å²) in [4.78, 5) is 22.9. The monoisotopic (exact) mass is 315 g/mol. The third kappa shape index (κ3) is 1.95. The van der Waals surface area contributed by atoms with Crippen molar-refractivity contribution in [2.24, 2.45) is 16.7 Å². The second-order valence-corrected chi connectivity index (χ2v) is 6.90. The zero-order valence-corrected chi connectivity index (χ0v) is 13.8. The number of hydrogen-bond donors (Lipinski definition) is 0. The van der Waals surface area contributed by atoms with Gasteiger partial charge < -0.3 is 4.74 Å². The number of nitro benzene ring substituents is 1. The smallest absolute Gasteiger partial charge is 0.313 e. The van der Waals surface area contributed by atoms with Gasteiger partial charge >= 0.3 is 5.97 Å². The van der Waals surface area contributed by atoms with Crippen LogP contribution in [0.25, 0.3) is 0 Å². The predicted octanol–water partition coefficient (Wildman–Crippen LogP) is 3.84. The Morgan fingerprint density at radius 2 is 1.91 bits per heavy atom. The second-order valence-electron chi connectivity index (χ2n) is 6.90. The van der Waals surface area contributed by atoms with Gasteiger partial charge in [-0.3, -0.25) is 14.9 Å². The number of benzene rings is 1. The van der Waals surface area contributed by atoms with E-state index in [4.69, 9.17) is 4.74 Å². The van der Waals surface area contributed by atoms with Crippen LogP contribution in [0.2, 0.25) is 0 Å². The van der Waals surface area contributed by atoms with Crippen LogP contribution in [-0.2, 0) is 9.53 Å². The molecule has 122 valence electrons. The Morgan fingerprint density at radius 3 is 2.43 bits per heavy atom. The maximum absolute atomic E-state index is 12.4. The number of nitro groups is 1. The van der Waals surface area contributed by atoms with Crippen molar-refractivity contribution < 1.29 is 14.5 Å². The van der Waals surface area contributed by atoms with Crippen molar-refractivity contribution in [2.45, 2.75) is 33.6 Å². The number of ether oxygens (including phenoxy) is 1. The first-order valence-corrected chi connectivity index (χ1v) is 7.88. The van der Waals surface area contributed by atoms with Gasteiger partial charge in [-0.2, -0.15) is 0 Å². The Hall–Kier alpha value is -2.17. The van der Waals surface area contributed by atoms with Crippen LogP contribution in [0.1, 0.15) is 39.2 Å². The lowest BCUT2D eigenvalue weighted by atomic mass is 9.84. The molecule has 0 aromatic heterocycles. The molecule has 0 unspecified atom stereocenters. The molecule has 23 heavy (non-hydrogen) atoms. The van der Waals surface area contributed by atoms with E-state index in [9.17, 15) is 14.9 Å². The average Bonchev–Trinajstić information content (AvgIpc) is 2.83. The standard InChI is InChI=1S/C18H21NO4/c1-5-23-16(20)18(4)15-14(11(2)10-17(15,18)3)12-6-8-13(9-7-12)19(21)22/h6-10,14-15H,5H2,1-4H3/t14-,15-,17+,18-/m1/s1. The predicted molar refractivity (Wildman–Crippen MR) is 85.9 cm³/mol. The van der Waals surface area contributed by atoms with E-state index in [1.807, 2.05) is 13.8 Å². The van der Waals surface area contributed by atoms with Crippen LogP contribution in [-0.4, -0.2) is 17.5 Å². The summed E-state index contributed by atoms with van der Waals surface area (Å²) in [6.07, 6.45) is 2.18. The van der Waals surface area contributed by atoms with Crippen LogP contribution >= 0.6 is 0 Å². The van der Waals surface area contributed by atoms with E-state index in [2.05, 4.69) is 19.9 Å². The van der Waals surface area contributed by atoms with E-state index >= 15 is 0 Å². The van der Waals surface area contributed by atoms with E-state index in [1.165, 1.54) is 17.7 Å². The lowest BCUT2D eigenvalue weighted by molar-refractivity contribution is -0.384. The lowest BCUT2D eigenvalue weighted by Gasteiger charge is -2.21. The summed E-state index contributed by atoms with van der Waals surface area (Å²) in [6.45, 7) is 8.33. The Kier molecular flexibility index (Phi) is 3.36. The van der Waals surface area contributed by atoms with E-state index in [0.29, 0.717) is 6.61 Å². The summed E-state index contributed by atoms with van der Waals surface area (Å²) < 4.78 is 5.28. The molecular formula is C18H21NO4. The number of hydrogen-bond acceptors (Lipinski definition) is 4. The highest BCUT2D eigenvalue weighted by molar-refractivity contribution is 5.85. The summed E-state index contributed by atoms with van der Waals surface area (Å²) in [5, 5.41) is 10.8. The van der Waals surface area contributed by atoms with Crippen LogP contribution in [0.3, 0.4) is 0 Å². The molecule has 2 aliphatic rings. The fourth-order valence-corrected chi connectivity index (χ4v) is 4.50. The van der Waals surface area contributed by atoms with Gasteiger partial charge in [0.15, 0.2) is 0 Å². The summed E-state index contributed by atoms with van der Waals surface area (Å²) in [7, 11) is 0. The maximum atomic E-state index is 12.4. The Morgan fingerprint density at radius 1 is 1.30 bits per heavy atom. The van der Waals surface area contributed by atoms with E-state index in [0.717, 1.165) is 5.56 Å². The van der Waals surface area contributed by atoms with E-state index < -0.39 is 10.3 Å². The molecule has 0 amide bonds. The molecule has 1 saturated carbocycles. The number of esters is 1. The average molecular weight is 315 g/mol. The quantitative estimate of drug-likeness (QED) is 0.366. The Labute approximate surface area is 135 Å². The number of nitrogens with zero attached hydrogens (tertiary/aromatic N) is 1. The highest BCUT2D eigenvalue weighted by atomic mass is 16.6. The van der Waals surface area contributed by atoms with E-state index in [1.54, 1.807) is 12.1 Å². The molecule has 0 aliphatic heterocycles. The lowest BCUT2D eigenvalue weighted by Crippen LogP contribution is -2.24. The first-order chi connectivity index (χ1) is 10.8. The van der Waals surface area contributed by atoms with Crippen molar-refractivity contribution in [1.29, 1.82) is 0 Å². The fourth-order valence-electron chi connectivity index (χ4n) is 4.50. The molecule has 1 fully saturated rings. The molecule has 1 aromatic carbocycles. The SMILES string of the molecule is CCOC(=O)[C@@]1(C)[C@@H]2[C@@H](c3ccc([N+](=O)[O-])cc3)C(C)=C[C@@]21C. The second kappa shape index (κ2) is 4.91. The number of rotatable bonds is 4. The van der Waals surface area contributed by atoms with Crippen LogP contribution in [0.15, 0.2) is 35.9 Å². The van der Waals surface area contributed by atoms with Crippen LogP contribution in [0.5, 0.6) is 0 Å². The molecule has 0 spiro atoms. The van der Waals surface area contributed by atoms with Gasteiger partial charge in [-0.1, -0.05) is 30.7 Å². The zero-order chi connectivity index (χ0) is 17.0. The van der Waals surface area contributed by atoms with Crippen LogP contribution in [0, 0.1) is 26.9 Å². The normalized spacial score (nSPS) is 34.5. The summed E-state index contributed by atoms with van der Waals surface area (Å²) in [5.74, 6) is 0.105. The number of carbonyl (C=O) groups excluding carboxylic acids is 1. The summed E-state index contributed by atoms with van der Waals surface area (Å²) >= 11 is 0. The molecule has 3 rings (SSSR count). The molecule has 0 heterocycles. The maximum Gasteiger partial charge on any atom is 0.313 e. The Bertz CT molecular complexity index is 708. The molecule has 5 heteroatoms. The van der Waals surface area contributed by atoms with Gasteiger partial charge in [0, 0.05) is 23.5 Å². The number of non-ortho nitro benzene ring substituents is 1. The van der Waals surface area contributed by atoms with Gasteiger partial charge in [-0.05, 0) is 32.3 Å². The van der Waals surface area contributed by atoms with Crippen molar-refractivity contribution in [3.63, 3.8) is 0 Å². The number of allylic oxidation sites excluding steroid dienone is 2. The van der Waals surface area contributed by atoms with Crippen molar-refractivity contribution >= 4 is 11.7 Å². The van der Waals surface area contributed by atoms with Gasteiger partial charge in [0.05, 0.1) is 16.9 Å². The molecule has 2 aliphatic carbocycles. The molecule has 0 N–H and O–H groups in total. The highest BCUT2D eigenvalue weighted by Crippen LogP contribution is 2.79. The van der Waals surface area contributed by atoms with Gasteiger partial charge in [0.1, 0.15) is 0 Å². The van der Waals surface area contributed by atoms with Crippen LogP contribution < -0.4 is 0 Å². The van der Waals surface area contributed by atoms with Gasteiger partial charge in [-0.25, -0.2) is 0 Å². The molecule has 0 saturated heterocycles. The first kappa shape index (κ1) is 15.7. The fraction of sp³-hybridized carbons (Fsp3) is 0.500. The number of fused-ring (bicyclic) bond motifs is 1. The van der Waals surface area contributed by atoms with Gasteiger partial charge in [-0.15, -0.1) is 0 Å². The first-order valence-electron chi connectivity index (χ1n) is 7.88. The van der Waals surface area contributed by atoms with Crippen molar-refractivity contribution in [1.82, 2.24) is 0 Å². The molecule has 5 nitrogen and oxygen atoms in total. The third-order valence-electron chi connectivity index (χ3n) is 5.82. The highest BCUT2D eigenvalue weighted by Gasteiger charge is 2.79. The van der Waals surface area contributed by atoms with Crippen molar-refractivity contribution in [2.75, 3.05) is 6.61 Å². The zero-order valence-electron chi connectivity index (χ0n) is 13.8. The topological polar surface area (TPSA) is 69.4 Å². The molecule has 0 bridgehead atoms. The molecule has 4 atom stereocenters. The van der Waals surface area contributed by atoms with Gasteiger partial charge in [0.25, 0.3) is 5.69 Å². The van der Waals surface area contributed by atoms with Crippen LogP contribution in [0.4, 0.5) is 5.69 Å². The van der Waals surface area contributed by atoms with E-state index in [-0.39, 0.29) is 28.9 Å². The number of carbonyl (C=O) groups is 1. The van der Waals surface area contributed by atoms with Gasteiger partial charge in [0.2, 0.25) is 0 Å². The van der Waals surface area contributed by atoms with Crippen molar-refractivity contribution in [3.05, 3.63) is 51.6 Å². The minimum absolute atomic E-state index is 0.0834. The largest absolute Gasteiger partial charge is 0.466 e. The molecule has 1 aromatic rings. The molecular weight excluding hydrogens is 294 g/mol. The summed E-state index contributed by atoms with van der Waals surface area (Å²) in [6, 6.07) is 6.66. The summed E-state index contributed by atoms with van der Waals surface area (Å²) in [5.41, 5.74) is 1.60.